The second kappa shape index (κ2) is 12.9. The summed E-state index contributed by atoms with van der Waals surface area (Å²) in [5.41, 5.74) is 1.42. The Hall–Kier alpha value is -3.32. The molecule has 0 spiro atoms. The Balaban J connectivity index is 1.33. The van der Waals surface area contributed by atoms with Gasteiger partial charge in [-0.05, 0) is 83.6 Å². The van der Waals surface area contributed by atoms with Gasteiger partial charge in [0.1, 0.15) is 12.1 Å². The van der Waals surface area contributed by atoms with Crippen molar-refractivity contribution in [2.24, 2.45) is 0 Å². The van der Waals surface area contributed by atoms with Crippen molar-refractivity contribution in [2.45, 2.75) is 51.4 Å². The second-order valence-corrected chi connectivity index (χ2v) is 12.8. The van der Waals surface area contributed by atoms with Crippen molar-refractivity contribution in [1.82, 2.24) is 14.7 Å². The number of amides is 3. The Morgan fingerprint density at radius 2 is 1.57 bits per heavy atom. The van der Waals surface area contributed by atoms with Crippen molar-refractivity contribution in [1.29, 1.82) is 0 Å². The van der Waals surface area contributed by atoms with Crippen LogP contribution in [0, 0.1) is 0 Å². The van der Waals surface area contributed by atoms with Gasteiger partial charge >= 0.3 is 18.2 Å². The lowest BCUT2D eigenvalue weighted by Gasteiger charge is -2.37. The lowest BCUT2D eigenvalue weighted by Crippen LogP contribution is -2.53. The van der Waals surface area contributed by atoms with Gasteiger partial charge in [-0.25, -0.2) is 4.79 Å². The summed E-state index contributed by atoms with van der Waals surface area (Å²) in [6.07, 6.45) is -4.59. The summed E-state index contributed by atoms with van der Waals surface area (Å²) in [6, 6.07) is 10.8. The maximum Gasteiger partial charge on any atom is 0.471 e. The molecule has 0 saturated carbocycles. The highest BCUT2D eigenvalue weighted by Gasteiger charge is 2.45. The number of piperidine rings is 1. The molecular formula is C29H38F3N5O4S. The molecule has 0 atom stereocenters. The SMILES string of the molecule is CN1CCC(N(CC(=O)Nc2ccc(-c3ccc(N4CCN(C(=O)OC(C)(C)C)CC4)cc3)s2)C(=O)C(F)(F)F)CC1. The van der Waals surface area contributed by atoms with Crippen molar-refractivity contribution in [3.8, 4) is 10.4 Å². The lowest BCUT2D eigenvalue weighted by molar-refractivity contribution is -0.188. The number of hydrogen-bond donors (Lipinski definition) is 1. The maximum absolute atomic E-state index is 13.3. The predicted molar refractivity (Wildman–Crippen MR) is 157 cm³/mol. The summed E-state index contributed by atoms with van der Waals surface area (Å²) < 4.78 is 45.3. The Kier molecular flexibility index (Phi) is 9.71. The summed E-state index contributed by atoms with van der Waals surface area (Å²) in [5, 5.41) is 3.15. The van der Waals surface area contributed by atoms with Crippen LogP contribution in [0.4, 0.5) is 28.7 Å². The van der Waals surface area contributed by atoms with Gasteiger partial charge in [0.05, 0.1) is 5.00 Å². The van der Waals surface area contributed by atoms with Crippen LogP contribution in [0.2, 0.25) is 0 Å². The van der Waals surface area contributed by atoms with Crippen LogP contribution in [0.1, 0.15) is 33.6 Å². The number of piperazine rings is 1. The number of nitrogens with one attached hydrogen (secondary N) is 1. The van der Waals surface area contributed by atoms with Gasteiger partial charge < -0.3 is 29.7 Å². The summed E-state index contributed by atoms with van der Waals surface area (Å²) in [7, 11) is 1.87. The molecule has 2 aliphatic rings. The molecule has 0 unspecified atom stereocenters. The summed E-state index contributed by atoms with van der Waals surface area (Å²) in [4.78, 5) is 44.7. The van der Waals surface area contributed by atoms with Crippen LogP contribution < -0.4 is 10.2 Å². The van der Waals surface area contributed by atoms with E-state index in [4.69, 9.17) is 4.74 Å². The normalized spacial score (nSPS) is 17.2. The number of carbonyl (C=O) groups excluding carboxylic acids is 3. The minimum Gasteiger partial charge on any atom is -0.444 e. The summed E-state index contributed by atoms with van der Waals surface area (Å²) in [5.74, 6) is -2.65. The predicted octanol–water partition coefficient (Wildman–Crippen LogP) is 4.90. The highest BCUT2D eigenvalue weighted by Crippen LogP contribution is 2.33. The Morgan fingerprint density at radius 3 is 2.14 bits per heavy atom. The zero-order valence-corrected chi connectivity index (χ0v) is 25.2. The molecule has 1 aromatic carbocycles. The molecule has 2 aromatic rings. The van der Waals surface area contributed by atoms with Crippen molar-refractivity contribution in [2.75, 3.05) is 63.1 Å². The fraction of sp³-hybridized carbons (Fsp3) is 0.552. The molecule has 42 heavy (non-hydrogen) atoms. The Bertz CT molecular complexity index is 1250. The minimum atomic E-state index is -5.04. The first kappa shape index (κ1) is 31.6. The van der Waals surface area contributed by atoms with Gasteiger partial charge in [0.2, 0.25) is 5.91 Å². The maximum atomic E-state index is 13.3. The van der Waals surface area contributed by atoms with E-state index in [0.29, 0.717) is 62.0 Å². The quantitative estimate of drug-likeness (QED) is 0.502. The largest absolute Gasteiger partial charge is 0.471 e. The average molecular weight is 610 g/mol. The minimum absolute atomic E-state index is 0.306. The van der Waals surface area contributed by atoms with E-state index in [2.05, 4.69) is 10.2 Å². The first-order valence-corrected chi connectivity index (χ1v) is 14.8. The first-order valence-electron chi connectivity index (χ1n) is 14.0. The van der Waals surface area contributed by atoms with E-state index in [1.165, 1.54) is 11.3 Å². The van der Waals surface area contributed by atoms with Crippen LogP contribution in [0.5, 0.6) is 0 Å². The van der Waals surface area contributed by atoms with E-state index in [-0.39, 0.29) is 6.09 Å². The number of halogens is 3. The van der Waals surface area contributed by atoms with Crippen molar-refractivity contribution < 1.29 is 32.3 Å². The number of thiophene rings is 1. The first-order chi connectivity index (χ1) is 19.7. The lowest BCUT2D eigenvalue weighted by atomic mass is 10.0. The van der Waals surface area contributed by atoms with E-state index >= 15 is 0 Å². The number of alkyl halides is 3. The molecule has 1 N–H and O–H groups in total. The highest BCUT2D eigenvalue weighted by atomic mass is 32.1. The van der Waals surface area contributed by atoms with E-state index in [9.17, 15) is 27.6 Å². The topological polar surface area (TPSA) is 85.4 Å². The number of ether oxygens (including phenoxy) is 1. The van der Waals surface area contributed by atoms with Crippen LogP contribution in [0.25, 0.3) is 10.4 Å². The van der Waals surface area contributed by atoms with Crippen molar-refractivity contribution >= 4 is 39.9 Å². The zero-order valence-electron chi connectivity index (χ0n) is 24.4. The second-order valence-electron chi connectivity index (χ2n) is 11.7. The number of hydrogen-bond acceptors (Lipinski definition) is 7. The molecule has 13 heteroatoms. The van der Waals surface area contributed by atoms with E-state index in [1.807, 2.05) is 63.1 Å². The van der Waals surface area contributed by atoms with Gasteiger partial charge in [-0.15, -0.1) is 11.3 Å². The molecule has 9 nitrogen and oxygen atoms in total. The molecule has 1 aromatic heterocycles. The van der Waals surface area contributed by atoms with Crippen LogP contribution in [-0.4, -0.2) is 103 Å². The van der Waals surface area contributed by atoms with Gasteiger partial charge in [-0.3, -0.25) is 9.59 Å². The van der Waals surface area contributed by atoms with Gasteiger partial charge in [-0.1, -0.05) is 12.1 Å². The molecule has 0 radical (unpaired) electrons. The molecule has 4 rings (SSSR count). The third-order valence-electron chi connectivity index (χ3n) is 7.26. The summed E-state index contributed by atoms with van der Waals surface area (Å²) >= 11 is 1.30. The molecule has 3 amide bonds. The third-order valence-corrected chi connectivity index (χ3v) is 8.31. The number of anilines is 2. The molecule has 0 aliphatic carbocycles. The van der Waals surface area contributed by atoms with Gasteiger partial charge in [0, 0.05) is 42.8 Å². The molecule has 2 aliphatic heterocycles. The molecule has 2 fully saturated rings. The number of rotatable bonds is 6. The van der Waals surface area contributed by atoms with Crippen LogP contribution in [-0.2, 0) is 14.3 Å². The van der Waals surface area contributed by atoms with Gasteiger partial charge in [-0.2, -0.15) is 13.2 Å². The van der Waals surface area contributed by atoms with Gasteiger partial charge in [0.15, 0.2) is 0 Å². The Morgan fingerprint density at radius 1 is 0.952 bits per heavy atom. The summed E-state index contributed by atoms with van der Waals surface area (Å²) in [6.45, 7) is 8.49. The van der Waals surface area contributed by atoms with Crippen LogP contribution >= 0.6 is 11.3 Å². The number of benzene rings is 1. The van der Waals surface area contributed by atoms with E-state index < -0.39 is 36.2 Å². The number of likely N-dealkylation sites (tertiary alicyclic amines) is 1. The molecule has 3 heterocycles. The van der Waals surface area contributed by atoms with Gasteiger partial charge in [0.25, 0.3) is 0 Å². The van der Waals surface area contributed by atoms with E-state index in [1.54, 1.807) is 11.0 Å². The smallest absolute Gasteiger partial charge is 0.444 e. The monoisotopic (exact) mass is 609 g/mol. The number of nitrogens with zero attached hydrogens (tertiary/aromatic N) is 4. The number of carbonyl (C=O) groups is 3. The van der Waals surface area contributed by atoms with E-state index in [0.717, 1.165) is 16.1 Å². The van der Waals surface area contributed by atoms with Crippen LogP contribution in [0.3, 0.4) is 0 Å². The molecule has 230 valence electrons. The van der Waals surface area contributed by atoms with Crippen molar-refractivity contribution in [3.63, 3.8) is 0 Å². The third kappa shape index (κ3) is 8.37. The average Bonchev–Trinajstić information content (AvgIpc) is 3.39. The molecular weight excluding hydrogens is 571 g/mol. The zero-order chi connectivity index (χ0) is 30.7. The standard InChI is InChI=1S/C29H38F3N5O4S/c1-28(2,3)41-27(40)36-17-15-35(16-18-36)21-7-5-20(6-8-21)23-9-10-25(42-23)33-24(38)19-37(26(39)29(30,31)32)22-11-13-34(4)14-12-22/h5-10,22H,11-19H2,1-4H3,(H,33,38). The van der Waals surface area contributed by atoms with Crippen LogP contribution in [0.15, 0.2) is 36.4 Å². The Labute approximate surface area is 248 Å². The fourth-order valence-electron chi connectivity index (χ4n) is 5.04. The fourth-order valence-corrected chi connectivity index (χ4v) is 5.97. The molecule has 0 bridgehead atoms. The molecule has 2 saturated heterocycles. The van der Waals surface area contributed by atoms with Crippen molar-refractivity contribution in [3.05, 3.63) is 36.4 Å². The highest BCUT2D eigenvalue weighted by molar-refractivity contribution is 7.19.